The molecule has 1 aliphatic heterocycles. The third-order valence-corrected chi connectivity index (χ3v) is 3.70. The van der Waals surface area contributed by atoms with Crippen molar-refractivity contribution in [1.82, 2.24) is 15.5 Å². The topological polar surface area (TPSA) is 61.4 Å². The van der Waals surface area contributed by atoms with Crippen LogP contribution in [0.5, 0.6) is 0 Å². The molecule has 5 heteroatoms. The highest BCUT2D eigenvalue weighted by atomic mass is 16.2. The van der Waals surface area contributed by atoms with Gasteiger partial charge in [-0.3, -0.25) is 9.59 Å². The van der Waals surface area contributed by atoms with Gasteiger partial charge in [-0.1, -0.05) is 13.8 Å². The number of carbonyl (C=O) groups is 2. The van der Waals surface area contributed by atoms with Gasteiger partial charge in [0.1, 0.15) is 6.04 Å². The van der Waals surface area contributed by atoms with Crippen LogP contribution in [0.25, 0.3) is 0 Å². The van der Waals surface area contributed by atoms with Crippen molar-refractivity contribution in [3.05, 3.63) is 0 Å². The van der Waals surface area contributed by atoms with Gasteiger partial charge in [0.2, 0.25) is 11.8 Å². The lowest BCUT2D eigenvalue weighted by molar-refractivity contribution is -0.137. The minimum atomic E-state index is -0.341. The molecule has 1 heterocycles. The Bertz CT molecular complexity index is 334. The molecule has 1 unspecified atom stereocenters. The standard InChI is InChI=1S/C14H25N3O2/c1-10(2)9-12(16-13(18)11-3-4-11)14(19)17-7-5-15-6-8-17/h10-12,15H,3-9H2,1-2H3,(H,16,18). The molecule has 2 rings (SSSR count). The minimum absolute atomic E-state index is 0.0640. The number of carbonyl (C=O) groups excluding carboxylic acids is 2. The first-order chi connectivity index (χ1) is 9.08. The molecule has 0 spiro atoms. The van der Waals surface area contributed by atoms with E-state index in [4.69, 9.17) is 0 Å². The number of nitrogens with zero attached hydrogens (tertiary/aromatic N) is 1. The lowest BCUT2D eigenvalue weighted by Crippen LogP contribution is -2.54. The average molecular weight is 267 g/mol. The van der Waals surface area contributed by atoms with Crippen LogP contribution in [-0.2, 0) is 9.59 Å². The van der Waals surface area contributed by atoms with Crippen LogP contribution in [0, 0.1) is 11.8 Å². The van der Waals surface area contributed by atoms with Crippen molar-refractivity contribution < 1.29 is 9.59 Å². The van der Waals surface area contributed by atoms with E-state index in [0.717, 1.165) is 45.4 Å². The molecule has 0 aromatic carbocycles. The number of hydrogen-bond acceptors (Lipinski definition) is 3. The summed E-state index contributed by atoms with van der Waals surface area (Å²) in [4.78, 5) is 26.3. The third-order valence-electron chi connectivity index (χ3n) is 3.70. The zero-order valence-electron chi connectivity index (χ0n) is 11.9. The molecule has 5 nitrogen and oxygen atoms in total. The first kappa shape index (κ1) is 14.3. The second-order valence-corrected chi connectivity index (χ2v) is 6.04. The Balaban J connectivity index is 1.94. The Labute approximate surface area is 115 Å². The smallest absolute Gasteiger partial charge is 0.245 e. The van der Waals surface area contributed by atoms with Gasteiger partial charge in [0.25, 0.3) is 0 Å². The Morgan fingerprint density at radius 2 is 1.89 bits per heavy atom. The fourth-order valence-corrected chi connectivity index (χ4v) is 2.43. The van der Waals surface area contributed by atoms with Gasteiger partial charge < -0.3 is 15.5 Å². The normalized spacial score (nSPS) is 21.3. The fourth-order valence-electron chi connectivity index (χ4n) is 2.43. The summed E-state index contributed by atoms with van der Waals surface area (Å²) in [6.07, 6.45) is 2.67. The molecular weight excluding hydrogens is 242 g/mol. The number of rotatable bonds is 5. The molecule has 108 valence electrons. The highest BCUT2D eigenvalue weighted by molar-refractivity contribution is 5.89. The van der Waals surface area contributed by atoms with Crippen molar-refractivity contribution >= 4 is 11.8 Å². The summed E-state index contributed by atoms with van der Waals surface area (Å²) >= 11 is 0. The van der Waals surface area contributed by atoms with Gasteiger partial charge in [-0.05, 0) is 25.2 Å². The first-order valence-electron chi connectivity index (χ1n) is 7.38. The summed E-state index contributed by atoms with van der Waals surface area (Å²) < 4.78 is 0. The van der Waals surface area contributed by atoms with E-state index in [1.807, 2.05) is 4.90 Å². The van der Waals surface area contributed by atoms with Crippen molar-refractivity contribution in [3.8, 4) is 0 Å². The molecule has 1 atom stereocenters. The highest BCUT2D eigenvalue weighted by Crippen LogP contribution is 2.29. The molecule has 2 amide bonds. The average Bonchev–Trinajstić information content (AvgIpc) is 3.22. The molecular formula is C14H25N3O2. The van der Waals surface area contributed by atoms with Gasteiger partial charge in [0, 0.05) is 32.1 Å². The van der Waals surface area contributed by atoms with Gasteiger partial charge in [-0.2, -0.15) is 0 Å². The van der Waals surface area contributed by atoms with Crippen molar-refractivity contribution in [2.75, 3.05) is 26.2 Å². The maximum atomic E-state index is 12.5. The lowest BCUT2D eigenvalue weighted by Gasteiger charge is -2.31. The van der Waals surface area contributed by atoms with E-state index in [1.54, 1.807) is 0 Å². The fraction of sp³-hybridized carbons (Fsp3) is 0.857. The molecule has 2 N–H and O–H groups in total. The summed E-state index contributed by atoms with van der Waals surface area (Å²) in [6, 6.07) is -0.341. The summed E-state index contributed by atoms with van der Waals surface area (Å²) in [5.74, 6) is 0.709. The number of piperazine rings is 1. The zero-order valence-corrected chi connectivity index (χ0v) is 11.9. The molecule has 2 aliphatic rings. The first-order valence-corrected chi connectivity index (χ1v) is 7.38. The van der Waals surface area contributed by atoms with Gasteiger partial charge in [-0.15, -0.1) is 0 Å². The Hall–Kier alpha value is -1.10. The van der Waals surface area contributed by atoms with E-state index in [-0.39, 0.29) is 23.8 Å². The van der Waals surface area contributed by atoms with Crippen LogP contribution < -0.4 is 10.6 Å². The summed E-state index contributed by atoms with van der Waals surface area (Å²) in [5, 5.41) is 6.19. The van der Waals surface area contributed by atoms with E-state index in [1.165, 1.54) is 0 Å². The Morgan fingerprint density at radius 3 is 2.42 bits per heavy atom. The molecule has 19 heavy (non-hydrogen) atoms. The van der Waals surface area contributed by atoms with Gasteiger partial charge in [0.05, 0.1) is 0 Å². The molecule has 0 bridgehead atoms. The van der Waals surface area contributed by atoms with E-state index in [0.29, 0.717) is 5.92 Å². The summed E-state index contributed by atoms with van der Waals surface area (Å²) in [5.41, 5.74) is 0. The van der Waals surface area contributed by atoms with E-state index in [9.17, 15) is 9.59 Å². The van der Waals surface area contributed by atoms with Crippen molar-refractivity contribution in [3.63, 3.8) is 0 Å². The van der Waals surface area contributed by atoms with Crippen LogP contribution in [0.15, 0.2) is 0 Å². The van der Waals surface area contributed by atoms with Crippen LogP contribution in [0.1, 0.15) is 33.1 Å². The van der Waals surface area contributed by atoms with E-state index >= 15 is 0 Å². The predicted molar refractivity (Wildman–Crippen MR) is 73.6 cm³/mol. The molecule has 0 aromatic heterocycles. The van der Waals surface area contributed by atoms with E-state index in [2.05, 4.69) is 24.5 Å². The number of hydrogen-bond donors (Lipinski definition) is 2. The maximum Gasteiger partial charge on any atom is 0.245 e. The van der Waals surface area contributed by atoms with E-state index < -0.39 is 0 Å². The Morgan fingerprint density at radius 1 is 1.26 bits per heavy atom. The van der Waals surface area contributed by atoms with Crippen LogP contribution in [-0.4, -0.2) is 48.9 Å². The number of nitrogens with one attached hydrogen (secondary N) is 2. The van der Waals surface area contributed by atoms with Crippen LogP contribution in [0.2, 0.25) is 0 Å². The largest absolute Gasteiger partial charge is 0.344 e. The van der Waals surface area contributed by atoms with Crippen LogP contribution in [0.4, 0.5) is 0 Å². The molecule has 1 aliphatic carbocycles. The summed E-state index contributed by atoms with van der Waals surface area (Å²) in [7, 11) is 0. The Kier molecular flexibility index (Phi) is 4.80. The van der Waals surface area contributed by atoms with Gasteiger partial charge in [-0.25, -0.2) is 0 Å². The van der Waals surface area contributed by atoms with Crippen LogP contribution >= 0.6 is 0 Å². The van der Waals surface area contributed by atoms with Crippen molar-refractivity contribution in [1.29, 1.82) is 0 Å². The summed E-state index contributed by atoms with van der Waals surface area (Å²) in [6.45, 7) is 7.34. The van der Waals surface area contributed by atoms with Crippen molar-refractivity contribution in [2.24, 2.45) is 11.8 Å². The molecule has 1 saturated heterocycles. The van der Waals surface area contributed by atoms with Crippen LogP contribution in [0.3, 0.4) is 0 Å². The highest BCUT2D eigenvalue weighted by Gasteiger charge is 2.34. The quantitative estimate of drug-likeness (QED) is 0.756. The van der Waals surface area contributed by atoms with Gasteiger partial charge in [0.15, 0.2) is 0 Å². The molecule has 1 saturated carbocycles. The monoisotopic (exact) mass is 267 g/mol. The molecule has 2 fully saturated rings. The second kappa shape index (κ2) is 6.37. The minimum Gasteiger partial charge on any atom is -0.344 e. The second-order valence-electron chi connectivity index (χ2n) is 6.04. The molecule has 0 radical (unpaired) electrons. The SMILES string of the molecule is CC(C)CC(NC(=O)C1CC1)C(=O)N1CCNCC1. The predicted octanol–water partition coefficient (Wildman–Crippen LogP) is 0.359. The van der Waals surface area contributed by atoms with Crippen molar-refractivity contribution in [2.45, 2.75) is 39.2 Å². The maximum absolute atomic E-state index is 12.5. The lowest BCUT2D eigenvalue weighted by atomic mass is 10.0. The van der Waals surface area contributed by atoms with Gasteiger partial charge >= 0.3 is 0 Å². The number of amides is 2. The molecule has 0 aromatic rings. The third kappa shape index (κ3) is 4.20. The zero-order chi connectivity index (χ0) is 13.8.